The molecule has 0 saturated carbocycles. The van der Waals surface area contributed by atoms with E-state index in [4.69, 9.17) is 11.6 Å². The highest BCUT2D eigenvalue weighted by Gasteiger charge is 2.27. The van der Waals surface area contributed by atoms with Crippen LogP contribution in [0.4, 0.5) is 0 Å². The lowest BCUT2D eigenvalue weighted by Gasteiger charge is -2.35. The smallest absolute Gasteiger partial charge is 0.234 e. The van der Waals surface area contributed by atoms with Crippen molar-refractivity contribution in [3.8, 4) is 0 Å². The second-order valence-corrected chi connectivity index (χ2v) is 6.11. The first-order valence-electron chi connectivity index (χ1n) is 6.90. The SMILES string of the molecule is CC1(O)CCN(CC(=O)NCc2ccc(Cl)cc2)CC1. The van der Waals surface area contributed by atoms with Gasteiger partial charge in [0.1, 0.15) is 0 Å². The summed E-state index contributed by atoms with van der Waals surface area (Å²) in [5, 5.41) is 13.5. The number of aliphatic hydroxyl groups is 1. The van der Waals surface area contributed by atoms with Gasteiger partial charge in [0.05, 0.1) is 12.1 Å². The molecule has 1 aliphatic heterocycles. The number of rotatable bonds is 4. The molecule has 1 aliphatic rings. The molecule has 2 N–H and O–H groups in total. The number of carbonyl (C=O) groups excluding carboxylic acids is 1. The molecule has 5 heteroatoms. The number of likely N-dealkylation sites (tertiary alicyclic amines) is 1. The van der Waals surface area contributed by atoms with Crippen molar-refractivity contribution in [2.24, 2.45) is 0 Å². The quantitative estimate of drug-likeness (QED) is 0.891. The Morgan fingerprint density at radius 3 is 2.55 bits per heavy atom. The van der Waals surface area contributed by atoms with Crippen LogP contribution >= 0.6 is 11.6 Å². The Morgan fingerprint density at radius 1 is 1.35 bits per heavy atom. The molecule has 0 unspecified atom stereocenters. The number of benzene rings is 1. The van der Waals surface area contributed by atoms with Crippen LogP contribution in [0.1, 0.15) is 25.3 Å². The zero-order valence-corrected chi connectivity index (χ0v) is 12.5. The molecular formula is C15H21ClN2O2. The maximum absolute atomic E-state index is 11.9. The van der Waals surface area contributed by atoms with Crippen molar-refractivity contribution >= 4 is 17.5 Å². The van der Waals surface area contributed by atoms with Gasteiger partial charge in [0.25, 0.3) is 0 Å². The van der Waals surface area contributed by atoms with E-state index in [1.807, 2.05) is 31.2 Å². The van der Waals surface area contributed by atoms with Crippen molar-refractivity contribution in [3.05, 3.63) is 34.9 Å². The number of nitrogens with one attached hydrogen (secondary N) is 1. The van der Waals surface area contributed by atoms with Gasteiger partial charge in [0, 0.05) is 24.7 Å². The van der Waals surface area contributed by atoms with Crippen molar-refractivity contribution in [1.29, 1.82) is 0 Å². The van der Waals surface area contributed by atoms with Crippen LogP contribution in [0.25, 0.3) is 0 Å². The van der Waals surface area contributed by atoms with Crippen LogP contribution in [-0.2, 0) is 11.3 Å². The Labute approximate surface area is 124 Å². The van der Waals surface area contributed by atoms with Crippen LogP contribution in [0.2, 0.25) is 5.02 Å². The predicted molar refractivity (Wildman–Crippen MR) is 79.6 cm³/mol. The molecule has 0 aliphatic carbocycles. The zero-order valence-electron chi connectivity index (χ0n) is 11.7. The first-order chi connectivity index (χ1) is 9.44. The van der Waals surface area contributed by atoms with Crippen LogP contribution in [0.3, 0.4) is 0 Å². The van der Waals surface area contributed by atoms with Crippen LogP contribution in [-0.4, -0.2) is 41.1 Å². The molecular weight excluding hydrogens is 276 g/mol. The fourth-order valence-corrected chi connectivity index (χ4v) is 2.38. The first kappa shape index (κ1) is 15.3. The van der Waals surface area contributed by atoms with Crippen molar-refractivity contribution in [3.63, 3.8) is 0 Å². The highest BCUT2D eigenvalue weighted by molar-refractivity contribution is 6.30. The van der Waals surface area contributed by atoms with Crippen molar-refractivity contribution in [2.45, 2.75) is 31.9 Å². The maximum atomic E-state index is 11.9. The lowest BCUT2D eigenvalue weighted by Crippen LogP contribution is -2.46. The third-order valence-corrected chi connectivity index (χ3v) is 3.96. The van der Waals surface area contributed by atoms with E-state index in [0.717, 1.165) is 31.5 Å². The molecule has 110 valence electrons. The summed E-state index contributed by atoms with van der Waals surface area (Å²) in [5.74, 6) is 0.0153. The fraction of sp³-hybridized carbons (Fsp3) is 0.533. The van der Waals surface area contributed by atoms with E-state index in [2.05, 4.69) is 10.2 Å². The van der Waals surface area contributed by atoms with E-state index < -0.39 is 5.60 Å². The summed E-state index contributed by atoms with van der Waals surface area (Å²) in [6.07, 6.45) is 1.44. The van der Waals surface area contributed by atoms with E-state index in [0.29, 0.717) is 18.1 Å². The number of nitrogens with zero attached hydrogens (tertiary/aromatic N) is 1. The summed E-state index contributed by atoms with van der Waals surface area (Å²) in [7, 11) is 0. The van der Waals surface area contributed by atoms with Crippen LogP contribution in [0, 0.1) is 0 Å². The topological polar surface area (TPSA) is 52.6 Å². The van der Waals surface area contributed by atoms with Gasteiger partial charge in [-0.1, -0.05) is 23.7 Å². The molecule has 0 atom stereocenters. The van der Waals surface area contributed by atoms with Gasteiger partial charge in [-0.3, -0.25) is 9.69 Å². The summed E-state index contributed by atoms with van der Waals surface area (Å²) < 4.78 is 0. The van der Waals surface area contributed by atoms with Gasteiger partial charge in [0.15, 0.2) is 0 Å². The van der Waals surface area contributed by atoms with Crippen LogP contribution < -0.4 is 5.32 Å². The molecule has 2 rings (SSSR count). The predicted octanol–water partition coefficient (Wildman–Crippen LogP) is 1.80. The Balaban J connectivity index is 1.72. The molecule has 4 nitrogen and oxygen atoms in total. The molecule has 1 aromatic rings. The summed E-state index contributed by atoms with van der Waals surface area (Å²) in [4.78, 5) is 14.0. The molecule has 1 heterocycles. The Hall–Kier alpha value is -1.10. The van der Waals surface area contributed by atoms with Gasteiger partial charge in [-0.2, -0.15) is 0 Å². The Kier molecular flexibility index (Phi) is 5.02. The minimum absolute atomic E-state index is 0.0153. The van der Waals surface area contributed by atoms with Gasteiger partial charge in [0.2, 0.25) is 5.91 Å². The summed E-state index contributed by atoms with van der Waals surface area (Å²) >= 11 is 5.81. The standard InChI is InChI=1S/C15H21ClN2O2/c1-15(20)6-8-18(9-7-15)11-14(19)17-10-12-2-4-13(16)5-3-12/h2-5,20H,6-11H2,1H3,(H,17,19). The molecule has 1 saturated heterocycles. The maximum Gasteiger partial charge on any atom is 0.234 e. The molecule has 1 aromatic carbocycles. The molecule has 0 radical (unpaired) electrons. The molecule has 0 spiro atoms. The number of piperidine rings is 1. The third kappa shape index (κ3) is 4.78. The summed E-state index contributed by atoms with van der Waals surface area (Å²) in [6.45, 7) is 4.29. The van der Waals surface area contributed by atoms with Gasteiger partial charge < -0.3 is 10.4 Å². The Morgan fingerprint density at radius 2 is 1.95 bits per heavy atom. The van der Waals surface area contributed by atoms with Crippen LogP contribution in [0.5, 0.6) is 0 Å². The number of amides is 1. The zero-order chi connectivity index (χ0) is 14.6. The molecule has 0 aromatic heterocycles. The summed E-state index contributed by atoms with van der Waals surface area (Å²) in [6, 6.07) is 7.44. The van der Waals surface area contributed by atoms with Gasteiger partial charge in [-0.15, -0.1) is 0 Å². The number of halogens is 1. The van der Waals surface area contributed by atoms with E-state index >= 15 is 0 Å². The molecule has 0 bridgehead atoms. The normalized spacial score (nSPS) is 18.8. The largest absolute Gasteiger partial charge is 0.390 e. The minimum Gasteiger partial charge on any atom is -0.390 e. The second-order valence-electron chi connectivity index (χ2n) is 5.68. The second kappa shape index (κ2) is 6.57. The van der Waals surface area contributed by atoms with Crippen LogP contribution in [0.15, 0.2) is 24.3 Å². The van der Waals surface area contributed by atoms with Gasteiger partial charge in [-0.25, -0.2) is 0 Å². The average molecular weight is 297 g/mol. The first-order valence-corrected chi connectivity index (χ1v) is 7.28. The van der Waals surface area contributed by atoms with Crippen molar-refractivity contribution < 1.29 is 9.90 Å². The van der Waals surface area contributed by atoms with E-state index in [-0.39, 0.29) is 5.91 Å². The van der Waals surface area contributed by atoms with E-state index in [1.54, 1.807) is 0 Å². The Bertz CT molecular complexity index is 449. The number of hydrogen-bond acceptors (Lipinski definition) is 3. The van der Waals surface area contributed by atoms with E-state index in [1.165, 1.54) is 0 Å². The average Bonchev–Trinajstić information content (AvgIpc) is 2.41. The summed E-state index contributed by atoms with van der Waals surface area (Å²) in [5.41, 5.74) is 0.459. The van der Waals surface area contributed by atoms with Gasteiger partial charge >= 0.3 is 0 Å². The fourth-order valence-electron chi connectivity index (χ4n) is 2.25. The van der Waals surface area contributed by atoms with Crippen molar-refractivity contribution in [1.82, 2.24) is 10.2 Å². The number of carbonyl (C=O) groups is 1. The van der Waals surface area contributed by atoms with E-state index in [9.17, 15) is 9.90 Å². The van der Waals surface area contributed by atoms with Gasteiger partial charge in [-0.05, 0) is 37.5 Å². The molecule has 1 fully saturated rings. The third-order valence-electron chi connectivity index (χ3n) is 3.70. The molecule has 20 heavy (non-hydrogen) atoms. The highest BCUT2D eigenvalue weighted by atomic mass is 35.5. The minimum atomic E-state index is -0.573. The highest BCUT2D eigenvalue weighted by Crippen LogP contribution is 2.20. The molecule has 1 amide bonds. The van der Waals surface area contributed by atoms with Crippen molar-refractivity contribution in [2.75, 3.05) is 19.6 Å². The lowest BCUT2D eigenvalue weighted by molar-refractivity contribution is -0.123. The lowest BCUT2D eigenvalue weighted by atomic mass is 9.94. The monoisotopic (exact) mass is 296 g/mol. The number of hydrogen-bond donors (Lipinski definition) is 2.